The van der Waals surface area contributed by atoms with Crippen molar-refractivity contribution in [2.45, 2.75) is 25.9 Å². The van der Waals surface area contributed by atoms with Crippen molar-refractivity contribution >= 4 is 50.5 Å². The highest BCUT2D eigenvalue weighted by molar-refractivity contribution is 7.90. The van der Waals surface area contributed by atoms with E-state index in [2.05, 4.69) is 29.5 Å². The summed E-state index contributed by atoms with van der Waals surface area (Å²) in [5, 5.41) is 16.3. The van der Waals surface area contributed by atoms with Gasteiger partial charge in [-0.05, 0) is 43.3 Å². The number of hydrogen-bond donors (Lipinski definition) is 4. The standard InChI is InChI=1S/C30H33F2N7O5S.C2HF3O2/c1-3-37(2)45(43,44)36-24-8-7-23(31)27(28(24)32)29(42)22-18-35-30-21(22)15-20(17-34-30)19-6-9-25(33-16-19)39-13-11-38(12-14-39)10-4-5-26(40)41;3-2(4,5)1(6)7/h6-9,15-18,36H,3-5,10-14H2,1-2H3,(H,34,35)(H,40,41);(H,6,7). The van der Waals surface area contributed by atoms with E-state index in [1.807, 2.05) is 12.1 Å². The number of benzene rings is 1. The Kier molecular flexibility index (Phi) is 12.5. The number of aliphatic carboxylic acids is 2. The largest absolute Gasteiger partial charge is 0.490 e. The molecular formula is C32H34F5N7O7S. The van der Waals surface area contributed by atoms with E-state index in [0.29, 0.717) is 28.6 Å². The fourth-order valence-corrected chi connectivity index (χ4v) is 6.04. The molecule has 0 saturated carbocycles. The zero-order valence-corrected chi connectivity index (χ0v) is 28.6. The summed E-state index contributed by atoms with van der Waals surface area (Å²) < 4.78 is 89.9. The molecule has 5 rings (SSSR count). The van der Waals surface area contributed by atoms with Crippen molar-refractivity contribution < 1.29 is 55.0 Å². The molecule has 4 N–H and O–H groups in total. The number of ketones is 1. The van der Waals surface area contributed by atoms with Gasteiger partial charge >= 0.3 is 28.3 Å². The number of pyridine rings is 2. The van der Waals surface area contributed by atoms with Crippen LogP contribution in [0.1, 0.15) is 35.7 Å². The van der Waals surface area contributed by atoms with E-state index in [0.717, 1.165) is 55.0 Å². The van der Waals surface area contributed by atoms with Gasteiger partial charge in [0.05, 0.1) is 11.3 Å². The summed E-state index contributed by atoms with van der Waals surface area (Å²) in [6, 6.07) is 7.20. The number of carboxylic acid groups (broad SMARTS) is 2. The van der Waals surface area contributed by atoms with Gasteiger partial charge in [-0.1, -0.05) is 6.92 Å². The van der Waals surface area contributed by atoms with Crippen LogP contribution in [0, 0.1) is 11.6 Å². The molecule has 0 amide bonds. The van der Waals surface area contributed by atoms with E-state index in [-0.39, 0.29) is 18.5 Å². The number of H-pyrrole nitrogens is 1. The van der Waals surface area contributed by atoms with Gasteiger partial charge in [-0.3, -0.25) is 19.2 Å². The number of aromatic nitrogens is 3. The zero-order valence-electron chi connectivity index (χ0n) is 27.7. The fourth-order valence-electron chi connectivity index (χ4n) is 5.11. The number of anilines is 2. The molecule has 1 aliphatic heterocycles. The highest BCUT2D eigenvalue weighted by Crippen LogP contribution is 2.30. The molecule has 20 heteroatoms. The zero-order chi connectivity index (χ0) is 38.4. The Morgan fingerprint density at radius 1 is 1.00 bits per heavy atom. The first-order chi connectivity index (χ1) is 24.4. The Morgan fingerprint density at radius 2 is 1.65 bits per heavy atom. The first-order valence-corrected chi connectivity index (χ1v) is 17.1. The minimum absolute atomic E-state index is 0.0337. The average Bonchev–Trinajstić information content (AvgIpc) is 3.53. The second kappa shape index (κ2) is 16.4. The number of carbonyl (C=O) groups excluding carboxylic acids is 1. The first kappa shape index (κ1) is 39.6. The molecule has 52 heavy (non-hydrogen) atoms. The molecule has 1 saturated heterocycles. The van der Waals surface area contributed by atoms with Crippen molar-refractivity contribution in [3.05, 3.63) is 71.7 Å². The highest BCUT2D eigenvalue weighted by atomic mass is 32.2. The molecule has 0 radical (unpaired) electrons. The summed E-state index contributed by atoms with van der Waals surface area (Å²) in [6.45, 7) is 5.57. The lowest BCUT2D eigenvalue weighted by atomic mass is 10.00. The average molecular weight is 756 g/mol. The lowest BCUT2D eigenvalue weighted by molar-refractivity contribution is -0.192. The Hall–Kier alpha value is -5.21. The van der Waals surface area contributed by atoms with Gasteiger partial charge in [0.25, 0.3) is 0 Å². The van der Waals surface area contributed by atoms with Crippen LogP contribution in [0.4, 0.5) is 33.5 Å². The van der Waals surface area contributed by atoms with Crippen LogP contribution in [-0.4, -0.2) is 113 Å². The van der Waals surface area contributed by atoms with E-state index in [1.165, 1.54) is 13.2 Å². The summed E-state index contributed by atoms with van der Waals surface area (Å²) in [5.74, 6) is -6.19. The van der Waals surface area contributed by atoms with Gasteiger partial charge in [0.15, 0.2) is 5.82 Å². The smallest absolute Gasteiger partial charge is 0.481 e. The third-order valence-corrected chi connectivity index (χ3v) is 9.63. The molecule has 0 bridgehead atoms. The van der Waals surface area contributed by atoms with Gasteiger partial charge in [0.1, 0.15) is 17.3 Å². The number of nitrogens with one attached hydrogen (secondary N) is 2. The number of alkyl halides is 3. The van der Waals surface area contributed by atoms with Crippen molar-refractivity contribution in [1.29, 1.82) is 0 Å². The number of nitrogens with zero attached hydrogens (tertiary/aromatic N) is 5. The van der Waals surface area contributed by atoms with Gasteiger partial charge in [-0.15, -0.1) is 0 Å². The van der Waals surface area contributed by atoms with Crippen LogP contribution in [0.5, 0.6) is 0 Å². The lowest BCUT2D eigenvalue weighted by Crippen LogP contribution is -2.46. The summed E-state index contributed by atoms with van der Waals surface area (Å²) in [4.78, 5) is 49.4. The first-order valence-electron chi connectivity index (χ1n) is 15.6. The normalized spacial score (nSPS) is 13.9. The van der Waals surface area contributed by atoms with Crippen LogP contribution < -0.4 is 9.62 Å². The van der Waals surface area contributed by atoms with Crippen LogP contribution in [0.15, 0.2) is 48.9 Å². The quantitative estimate of drug-likeness (QED) is 0.119. The van der Waals surface area contributed by atoms with E-state index in [1.54, 1.807) is 25.4 Å². The Bertz CT molecular complexity index is 2040. The van der Waals surface area contributed by atoms with Gasteiger partial charge in [0.2, 0.25) is 5.78 Å². The van der Waals surface area contributed by atoms with Crippen molar-refractivity contribution in [1.82, 2.24) is 24.2 Å². The fraction of sp³-hybridized carbons (Fsp3) is 0.344. The summed E-state index contributed by atoms with van der Waals surface area (Å²) in [7, 11) is -2.82. The van der Waals surface area contributed by atoms with Crippen LogP contribution in [0.2, 0.25) is 0 Å². The number of carbonyl (C=O) groups is 3. The Morgan fingerprint density at radius 3 is 2.23 bits per heavy atom. The number of aromatic amines is 1. The summed E-state index contributed by atoms with van der Waals surface area (Å²) in [5.41, 5.74) is 0.194. The monoisotopic (exact) mass is 755 g/mol. The number of hydrogen-bond acceptors (Lipinski definition) is 9. The van der Waals surface area contributed by atoms with Crippen molar-refractivity contribution in [2.75, 3.05) is 55.9 Å². The van der Waals surface area contributed by atoms with E-state index in [9.17, 15) is 35.6 Å². The molecule has 0 aliphatic carbocycles. The number of halogens is 5. The van der Waals surface area contributed by atoms with E-state index < -0.39 is 57.0 Å². The molecule has 14 nitrogen and oxygen atoms in total. The molecule has 0 atom stereocenters. The molecule has 1 aromatic carbocycles. The van der Waals surface area contributed by atoms with Gasteiger partial charge in [-0.25, -0.2) is 23.5 Å². The maximum atomic E-state index is 15.4. The summed E-state index contributed by atoms with van der Waals surface area (Å²) in [6.07, 6.45) is 0.287. The van der Waals surface area contributed by atoms with Gasteiger partial charge < -0.3 is 20.1 Å². The Labute approximate surface area is 294 Å². The van der Waals surface area contributed by atoms with Crippen molar-refractivity contribution in [3.8, 4) is 11.1 Å². The van der Waals surface area contributed by atoms with Crippen molar-refractivity contribution in [3.63, 3.8) is 0 Å². The predicted molar refractivity (Wildman–Crippen MR) is 179 cm³/mol. The lowest BCUT2D eigenvalue weighted by Gasteiger charge is -2.35. The number of piperazine rings is 1. The van der Waals surface area contributed by atoms with Crippen molar-refractivity contribution in [2.24, 2.45) is 0 Å². The van der Waals surface area contributed by atoms with E-state index >= 15 is 4.39 Å². The molecule has 1 aliphatic rings. The summed E-state index contributed by atoms with van der Waals surface area (Å²) >= 11 is 0. The maximum absolute atomic E-state index is 15.4. The van der Waals surface area contributed by atoms with Crippen LogP contribution in [-0.2, 0) is 19.8 Å². The predicted octanol–water partition coefficient (Wildman–Crippen LogP) is 4.36. The minimum atomic E-state index is -5.08. The molecule has 1 fully saturated rings. The molecule has 280 valence electrons. The molecule has 4 heterocycles. The second-order valence-corrected chi connectivity index (χ2v) is 13.3. The number of carboxylic acids is 2. The molecular weight excluding hydrogens is 721 g/mol. The Balaban J connectivity index is 0.000000785. The molecule has 4 aromatic rings. The minimum Gasteiger partial charge on any atom is -0.481 e. The molecule has 0 unspecified atom stereocenters. The SMILES string of the molecule is CCN(C)S(=O)(=O)Nc1ccc(F)c(C(=O)c2c[nH]c3ncc(-c4ccc(N5CCN(CCCC(=O)O)CC5)nc4)cc23)c1F.O=C(O)C(F)(F)F. The number of rotatable bonds is 12. The number of fused-ring (bicyclic) bond motifs is 1. The second-order valence-electron chi connectivity index (χ2n) is 11.5. The third-order valence-electron chi connectivity index (χ3n) is 8.07. The van der Waals surface area contributed by atoms with Gasteiger partial charge in [-0.2, -0.15) is 25.9 Å². The van der Waals surface area contributed by atoms with E-state index in [4.69, 9.17) is 15.0 Å². The van der Waals surface area contributed by atoms with Gasteiger partial charge in [0, 0.05) is 86.9 Å². The molecule has 0 spiro atoms. The van der Waals surface area contributed by atoms with Crippen LogP contribution in [0.25, 0.3) is 22.2 Å². The van der Waals surface area contributed by atoms with Crippen LogP contribution in [0.3, 0.4) is 0 Å². The van der Waals surface area contributed by atoms with Crippen LogP contribution >= 0.6 is 0 Å². The highest BCUT2D eigenvalue weighted by Gasteiger charge is 2.38. The maximum Gasteiger partial charge on any atom is 0.490 e. The topological polar surface area (TPSA) is 189 Å². The third kappa shape index (κ3) is 9.56. The molecule has 3 aromatic heterocycles.